The standard InChI is InChI=1S/C32H30F2N4O2S.C9H20O.C4H10/c1-6-18(4)24-14-21(15-25(33)29(24)36-17(2)3)28-26(34)16-35-32(38-28)37-22-9-7-20(8-10-22)23-11-12-41-31-27(39)13-19(5)40-30(23)31;1-4-7-10-8-6-9(3)5-2;1-4(2)3/h7-11,13-16,18H,6,12H2,1-5H3,(H,35,37,38);9H,4-8H2,1-3H3;4H,1-3H3. The lowest BCUT2D eigenvalue weighted by Gasteiger charge is -2.17. The first-order valence-electron chi connectivity index (χ1n) is 19.5. The Balaban J connectivity index is 0.000000495. The first-order valence-corrected chi connectivity index (χ1v) is 20.5. The molecule has 0 bridgehead atoms. The molecule has 1 aliphatic heterocycles. The summed E-state index contributed by atoms with van der Waals surface area (Å²) < 4.78 is 41.5. The SMILES string of the molecule is CC(C)C.CCC(C)c1cc(-c2nc(Nc3ccc(C4=CCSc5c4oc(C)cc5=O)cc3)ncc2F)cc(F)c1N=C(C)C.CCCOCCC(C)CC. The topological polar surface area (TPSA) is 89.6 Å². The molecule has 0 saturated heterocycles. The summed E-state index contributed by atoms with van der Waals surface area (Å²) in [5.41, 5.74) is 4.42. The summed E-state index contributed by atoms with van der Waals surface area (Å²) in [7, 11) is 0. The molecule has 0 amide bonds. The van der Waals surface area contributed by atoms with Gasteiger partial charge in [-0.1, -0.05) is 80.0 Å². The van der Waals surface area contributed by atoms with Gasteiger partial charge in [0.05, 0.1) is 11.1 Å². The lowest BCUT2D eigenvalue weighted by Crippen LogP contribution is -2.10. The fraction of sp³-hybridized carbons (Fsp3) is 0.467. The second-order valence-corrected chi connectivity index (χ2v) is 15.8. The number of halogens is 2. The van der Waals surface area contributed by atoms with Crippen molar-refractivity contribution in [2.45, 2.75) is 113 Å². The minimum Gasteiger partial charge on any atom is -0.460 e. The maximum absolute atomic E-state index is 15.2. The van der Waals surface area contributed by atoms with Gasteiger partial charge in [-0.05, 0) is 93.2 Å². The second kappa shape index (κ2) is 22.4. The van der Waals surface area contributed by atoms with Crippen LogP contribution in [0.3, 0.4) is 0 Å². The third-order valence-corrected chi connectivity index (χ3v) is 9.64. The van der Waals surface area contributed by atoms with E-state index in [9.17, 15) is 9.18 Å². The van der Waals surface area contributed by atoms with Crippen LogP contribution in [0.1, 0.15) is 123 Å². The molecule has 0 saturated carbocycles. The van der Waals surface area contributed by atoms with Crippen molar-refractivity contribution < 1.29 is 17.9 Å². The molecule has 5 rings (SSSR count). The molecular weight excluding hydrogens is 715 g/mol. The molecule has 1 aliphatic rings. The van der Waals surface area contributed by atoms with Crippen LogP contribution in [-0.2, 0) is 4.74 Å². The van der Waals surface area contributed by atoms with E-state index in [1.807, 2.05) is 58.0 Å². The maximum atomic E-state index is 15.2. The molecule has 2 aromatic carbocycles. The van der Waals surface area contributed by atoms with E-state index in [2.05, 4.69) is 61.8 Å². The van der Waals surface area contributed by atoms with Crippen molar-refractivity contribution >= 4 is 40.4 Å². The Bertz CT molecular complexity index is 1950. The van der Waals surface area contributed by atoms with E-state index in [1.54, 1.807) is 13.0 Å². The minimum atomic E-state index is -0.652. The van der Waals surface area contributed by atoms with Gasteiger partial charge in [0.15, 0.2) is 17.0 Å². The van der Waals surface area contributed by atoms with Crippen LogP contribution in [0.15, 0.2) is 73.8 Å². The summed E-state index contributed by atoms with van der Waals surface area (Å²) in [6.07, 6.45) is 7.52. The minimum absolute atomic E-state index is 0.00168. The number of aromatic nitrogens is 2. The highest BCUT2D eigenvalue weighted by atomic mass is 32.2. The molecule has 0 spiro atoms. The normalized spacial score (nSPS) is 13.0. The predicted molar refractivity (Wildman–Crippen MR) is 227 cm³/mol. The first kappa shape index (κ1) is 45.2. The van der Waals surface area contributed by atoms with Gasteiger partial charge in [-0.25, -0.2) is 18.7 Å². The number of rotatable bonds is 13. The van der Waals surface area contributed by atoms with Crippen LogP contribution in [0, 0.1) is 30.4 Å². The van der Waals surface area contributed by atoms with Gasteiger partial charge < -0.3 is 14.5 Å². The monoisotopic (exact) mass is 774 g/mol. The molecule has 10 heteroatoms. The number of nitrogens with zero attached hydrogens (tertiary/aromatic N) is 3. The van der Waals surface area contributed by atoms with Crippen molar-refractivity contribution in [1.82, 2.24) is 9.97 Å². The highest BCUT2D eigenvalue weighted by Crippen LogP contribution is 2.38. The average molecular weight is 775 g/mol. The fourth-order valence-electron chi connectivity index (χ4n) is 5.38. The lowest BCUT2D eigenvalue weighted by molar-refractivity contribution is 0.122. The number of hydrogen-bond acceptors (Lipinski definition) is 8. The molecule has 0 aliphatic carbocycles. The number of ether oxygens (including phenoxy) is 1. The maximum Gasteiger partial charge on any atom is 0.227 e. The van der Waals surface area contributed by atoms with Gasteiger partial charge in [0.1, 0.15) is 23.0 Å². The average Bonchev–Trinajstić information content (AvgIpc) is 3.14. The van der Waals surface area contributed by atoms with Gasteiger partial charge in [-0.15, -0.1) is 11.8 Å². The third-order valence-electron chi connectivity index (χ3n) is 8.63. The summed E-state index contributed by atoms with van der Waals surface area (Å²) >= 11 is 1.46. The van der Waals surface area contributed by atoms with E-state index in [0.29, 0.717) is 39.0 Å². The van der Waals surface area contributed by atoms with Crippen LogP contribution >= 0.6 is 11.8 Å². The second-order valence-electron chi connectivity index (χ2n) is 14.8. The Hall–Kier alpha value is -4.15. The van der Waals surface area contributed by atoms with E-state index in [1.165, 1.54) is 36.7 Å². The Morgan fingerprint density at radius 3 is 2.27 bits per heavy atom. The van der Waals surface area contributed by atoms with Crippen LogP contribution in [0.5, 0.6) is 0 Å². The van der Waals surface area contributed by atoms with Crippen molar-refractivity contribution in [1.29, 1.82) is 0 Å². The number of nitrogens with one attached hydrogen (secondary N) is 1. The molecule has 0 radical (unpaired) electrons. The number of hydrogen-bond donors (Lipinski definition) is 1. The highest BCUT2D eigenvalue weighted by Gasteiger charge is 2.22. The third kappa shape index (κ3) is 13.8. The molecule has 2 atom stereocenters. The quantitative estimate of drug-likeness (QED) is 0.107. The summed E-state index contributed by atoms with van der Waals surface area (Å²) in [4.78, 5) is 25.9. The van der Waals surface area contributed by atoms with Crippen LogP contribution in [0.25, 0.3) is 16.8 Å². The van der Waals surface area contributed by atoms with E-state index < -0.39 is 11.6 Å². The Morgan fingerprint density at radius 1 is 0.964 bits per heavy atom. The van der Waals surface area contributed by atoms with Crippen LogP contribution in [0.4, 0.5) is 26.1 Å². The van der Waals surface area contributed by atoms with Gasteiger partial charge in [-0.3, -0.25) is 9.79 Å². The largest absolute Gasteiger partial charge is 0.460 e. The van der Waals surface area contributed by atoms with Crippen molar-refractivity contribution in [3.05, 3.63) is 99.2 Å². The van der Waals surface area contributed by atoms with Crippen LogP contribution in [0.2, 0.25) is 0 Å². The molecule has 3 heterocycles. The van der Waals surface area contributed by atoms with Gasteiger partial charge in [0.25, 0.3) is 0 Å². The number of aliphatic imine (C=N–C) groups is 1. The Morgan fingerprint density at radius 2 is 1.65 bits per heavy atom. The zero-order valence-corrected chi connectivity index (χ0v) is 35.4. The molecule has 55 heavy (non-hydrogen) atoms. The lowest BCUT2D eigenvalue weighted by atomic mass is 9.93. The van der Waals surface area contributed by atoms with Gasteiger partial charge >= 0.3 is 0 Å². The molecule has 0 fully saturated rings. The van der Waals surface area contributed by atoms with Crippen LogP contribution < -0.4 is 10.7 Å². The summed E-state index contributed by atoms with van der Waals surface area (Å²) in [6.45, 7) is 24.4. The number of anilines is 2. The fourth-order valence-corrected chi connectivity index (χ4v) is 6.28. The molecule has 2 unspecified atom stereocenters. The zero-order chi connectivity index (χ0) is 40.7. The van der Waals surface area contributed by atoms with Gasteiger partial charge in [0.2, 0.25) is 5.95 Å². The van der Waals surface area contributed by atoms with Crippen molar-refractivity contribution in [2.75, 3.05) is 24.3 Å². The number of aryl methyl sites for hydroxylation is 1. The zero-order valence-electron chi connectivity index (χ0n) is 34.6. The van der Waals surface area contributed by atoms with Gasteiger partial charge in [-0.2, -0.15) is 0 Å². The summed E-state index contributed by atoms with van der Waals surface area (Å²) in [5, 5.41) is 3.11. The highest BCUT2D eigenvalue weighted by molar-refractivity contribution is 7.99. The van der Waals surface area contributed by atoms with Crippen molar-refractivity contribution in [3.8, 4) is 11.3 Å². The van der Waals surface area contributed by atoms with E-state index in [0.717, 1.165) is 60.9 Å². The van der Waals surface area contributed by atoms with E-state index >= 15 is 4.39 Å². The van der Waals surface area contributed by atoms with Gasteiger partial charge in [0, 0.05) is 47.6 Å². The number of fused-ring (bicyclic) bond motifs is 1. The molecular formula is C45H60F2N4O3S. The summed E-state index contributed by atoms with van der Waals surface area (Å²) in [5.74, 6) is 2.49. The van der Waals surface area contributed by atoms with Crippen molar-refractivity contribution in [2.24, 2.45) is 16.8 Å². The molecule has 1 N–H and O–H groups in total. The smallest absolute Gasteiger partial charge is 0.227 e. The Kier molecular flexibility index (Phi) is 18.4. The molecule has 7 nitrogen and oxygen atoms in total. The van der Waals surface area contributed by atoms with Crippen LogP contribution in [-0.4, -0.2) is 34.6 Å². The van der Waals surface area contributed by atoms with E-state index in [4.69, 9.17) is 9.15 Å². The summed E-state index contributed by atoms with van der Waals surface area (Å²) in [6, 6.07) is 12.0. The predicted octanol–water partition coefficient (Wildman–Crippen LogP) is 13.1. The molecule has 2 aromatic heterocycles. The molecule has 298 valence electrons. The Labute approximate surface area is 331 Å². The first-order chi connectivity index (χ1) is 26.2. The van der Waals surface area contributed by atoms with Crippen molar-refractivity contribution in [3.63, 3.8) is 0 Å². The number of thioether (sulfide) groups is 1. The van der Waals surface area contributed by atoms with E-state index in [-0.39, 0.29) is 28.7 Å². The number of benzene rings is 2. The molecule has 4 aromatic rings.